The molecule has 5 aromatic heterocycles. The van der Waals surface area contributed by atoms with Crippen molar-refractivity contribution in [2.75, 3.05) is 0 Å². The largest absolute Gasteiger partial charge is 0.309 e. The number of aromatic nitrogens is 5. The molecule has 23 aromatic rings. The van der Waals surface area contributed by atoms with Crippen molar-refractivity contribution >= 4 is 86.4 Å². The molecule has 0 spiro atoms. The van der Waals surface area contributed by atoms with Crippen LogP contribution < -0.4 is 0 Å². The molecule has 2 aliphatic carbocycles. The zero-order valence-electron chi connectivity index (χ0n) is 67.5. The number of rotatable bonds is 11. The fraction of sp³-hybridized carbons (Fsp3) is 0. The molecule has 0 unspecified atom stereocenters. The molecule has 576 valence electrons. The second kappa shape index (κ2) is 29.4. The number of pyridine rings is 4. The Labute approximate surface area is 720 Å². The summed E-state index contributed by atoms with van der Waals surface area (Å²) in [6.07, 6.45) is 7.54. The van der Waals surface area contributed by atoms with Gasteiger partial charge in [0.15, 0.2) is 0 Å². The Hall–Kier alpha value is -17.1. The van der Waals surface area contributed by atoms with E-state index in [2.05, 4.69) is 397 Å². The Morgan fingerprint density at radius 1 is 0.200 bits per heavy atom. The molecule has 0 bridgehead atoms. The quantitative estimate of drug-likeness (QED) is 0.128. The zero-order valence-corrected chi connectivity index (χ0v) is 67.5. The first-order valence-corrected chi connectivity index (χ1v) is 42.2. The SMILES string of the molecule is N#Cc1ccc(-c2ccc3c4c(ccc(-c5ccc(-c6cc(-c7cccc8cnccc78)nc(-c7cccc8cnccc78)c6)c6ccccc56)c24)-c2ccccc2-3)cc1.N#Cc1ccc(-c2ccc3c4c(ccc(-c5ccc(-c6cc(-c7ccccc7)cc(-c7ccc(-n8c9ccccc9c9ccccc98)cc7)n6)c6ccccc56)c24)-c2ccccc2-3)cc1. The summed E-state index contributed by atoms with van der Waals surface area (Å²) in [5.74, 6) is 0. The van der Waals surface area contributed by atoms with E-state index in [1.807, 2.05) is 49.1 Å². The van der Waals surface area contributed by atoms with Crippen LogP contribution in [0.2, 0.25) is 0 Å². The molecule has 5 heterocycles. The minimum Gasteiger partial charge on any atom is -0.309 e. The van der Waals surface area contributed by atoms with Crippen LogP contribution in [0, 0.1) is 22.7 Å². The molecule has 0 amide bonds. The Kier molecular flexibility index (Phi) is 16.9. The van der Waals surface area contributed by atoms with Gasteiger partial charge in [-0.15, -0.1) is 0 Å². The molecule has 125 heavy (non-hydrogen) atoms. The predicted octanol–water partition coefficient (Wildman–Crippen LogP) is 30.7. The van der Waals surface area contributed by atoms with Crippen molar-refractivity contribution in [3.63, 3.8) is 0 Å². The fourth-order valence-corrected chi connectivity index (χ4v) is 20.0. The van der Waals surface area contributed by atoms with Gasteiger partial charge >= 0.3 is 0 Å². The highest BCUT2D eigenvalue weighted by Crippen LogP contribution is 2.56. The summed E-state index contributed by atoms with van der Waals surface area (Å²) >= 11 is 0. The molecule has 18 aromatic carbocycles. The summed E-state index contributed by atoms with van der Waals surface area (Å²) in [7, 11) is 0. The highest BCUT2D eigenvalue weighted by molar-refractivity contribution is 6.26. The van der Waals surface area contributed by atoms with Crippen LogP contribution >= 0.6 is 0 Å². The molecular formula is C118H69N7. The molecule has 7 heteroatoms. The number of nitrogens with zero attached hydrogens (tertiary/aromatic N) is 7. The van der Waals surface area contributed by atoms with Crippen LogP contribution in [-0.2, 0) is 0 Å². The lowest BCUT2D eigenvalue weighted by atomic mass is 9.85. The minimum atomic E-state index is 0.649. The predicted molar refractivity (Wildman–Crippen MR) is 516 cm³/mol. The summed E-state index contributed by atoms with van der Waals surface area (Å²) in [5, 5.41) is 35.7. The third kappa shape index (κ3) is 11.9. The van der Waals surface area contributed by atoms with Gasteiger partial charge in [0.05, 0.1) is 57.1 Å². The second-order valence-corrected chi connectivity index (χ2v) is 32.4. The van der Waals surface area contributed by atoms with Crippen molar-refractivity contribution in [3.05, 3.63) is 430 Å². The van der Waals surface area contributed by atoms with E-state index >= 15 is 0 Å². The first kappa shape index (κ1) is 72.0. The van der Waals surface area contributed by atoms with Crippen molar-refractivity contribution in [3.8, 4) is 174 Å². The summed E-state index contributed by atoms with van der Waals surface area (Å²) in [5.41, 5.74) is 36.4. The average Bonchev–Trinajstić information content (AvgIpc) is 1.59. The van der Waals surface area contributed by atoms with Crippen molar-refractivity contribution in [2.45, 2.75) is 0 Å². The van der Waals surface area contributed by atoms with Crippen LogP contribution in [0.5, 0.6) is 0 Å². The number of fused-ring (bicyclic) bond motifs is 13. The molecule has 0 radical (unpaired) electrons. The van der Waals surface area contributed by atoms with E-state index in [0.29, 0.717) is 11.1 Å². The molecule has 0 atom stereocenters. The molecule has 0 fully saturated rings. The number of hydrogen-bond donors (Lipinski definition) is 0. The van der Waals surface area contributed by atoms with Crippen molar-refractivity contribution in [1.29, 1.82) is 10.5 Å². The van der Waals surface area contributed by atoms with Gasteiger partial charge in [-0.05, 0) is 250 Å². The van der Waals surface area contributed by atoms with Crippen LogP contribution in [-0.4, -0.2) is 24.5 Å². The Balaban J connectivity index is 0.000000141. The minimum absolute atomic E-state index is 0.649. The summed E-state index contributed by atoms with van der Waals surface area (Å²) in [6.45, 7) is 0. The number of hydrogen-bond acceptors (Lipinski definition) is 6. The van der Waals surface area contributed by atoms with E-state index in [4.69, 9.17) is 9.97 Å². The van der Waals surface area contributed by atoms with Gasteiger partial charge in [0.2, 0.25) is 0 Å². The van der Waals surface area contributed by atoms with Crippen molar-refractivity contribution in [2.24, 2.45) is 0 Å². The van der Waals surface area contributed by atoms with E-state index in [9.17, 15) is 10.5 Å². The van der Waals surface area contributed by atoms with E-state index in [0.717, 1.165) is 133 Å². The normalized spacial score (nSPS) is 11.7. The molecule has 25 rings (SSSR count). The lowest BCUT2D eigenvalue weighted by molar-refractivity contribution is 1.18. The Bertz CT molecular complexity index is 8320. The molecule has 7 nitrogen and oxygen atoms in total. The third-order valence-electron chi connectivity index (χ3n) is 25.7. The molecule has 0 N–H and O–H groups in total. The van der Waals surface area contributed by atoms with Gasteiger partial charge in [-0.2, -0.15) is 10.5 Å². The monoisotopic (exact) mass is 1580 g/mol. The van der Waals surface area contributed by atoms with Gasteiger partial charge in [-0.1, -0.05) is 309 Å². The third-order valence-corrected chi connectivity index (χ3v) is 25.7. The molecule has 2 aliphatic rings. The van der Waals surface area contributed by atoms with Crippen molar-refractivity contribution in [1.82, 2.24) is 24.5 Å². The van der Waals surface area contributed by atoms with E-state index < -0.39 is 0 Å². The number of nitriles is 2. The van der Waals surface area contributed by atoms with Crippen LogP contribution in [0.1, 0.15) is 11.1 Å². The zero-order chi connectivity index (χ0) is 82.7. The number of para-hydroxylation sites is 2. The first-order valence-electron chi connectivity index (χ1n) is 42.2. The van der Waals surface area contributed by atoms with Gasteiger partial charge in [0.1, 0.15) is 0 Å². The van der Waals surface area contributed by atoms with Gasteiger partial charge < -0.3 is 4.57 Å². The maximum absolute atomic E-state index is 9.64. The topological polar surface area (TPSA) is 104 Å². The summed E-state index contributed by atoms with van der Waals surface area (Å²) < 4.78 is 2.36. The highest BCUT2D eigenvalue weighted by atomic mass is 15.0. The van der Waals surface area contributed by atoms with E-state index in [1.54, 1.807) is 0 Å². The van der Waals surface area contributed by atoms with Crippen LogP contribution in [0.3, 0.4) is 0 Å². The van der Waals surface area contributed by atoms with Crippen LogP contribution in [0.25, 0.3) is 248 Å². The lowest BCUT2D eigenvalue weighted by Crippen LogP contribution is -1.95. The van der Waals surface area contributed by atoms with Gasteiger partial charge in [0.25, 0.3) is 0 Å². The maximum Gasteiger partial charge on any atom is 0.0991 e. The lowest BCUT2D eigenvalue weighted by Gasteiger charge is -2.18. The first-order chi connectivity index (χ1) is 61.9. The van der Waals surface area contributed by atoms with Gasteiger partial charge in [-0.3, -0.25) is 9.97 Å². The maximum atomic E-state index is 9.64. The summed E-state index contributed by atoms with van der Waals surface area (Å²) in [6, 6.07) is 146. The Morgan fingerprint density at radius 2 is 0.528 bits per heavy atom. The van der Waals surface area contributed by atoms with Crippen molar-refractivity contribution < 1.29 is 0 Å². The highest BCUT2D eigenvalue weighted by Gasteiger charge is 2.29. The molecule has 0 saturated carbocycles. The Morgan fingerprint density at radius 3 is 0.992 bits per heavy atom. The fourth-order valence-electron chi connectivity index (χ4n) is 20.0. The van der Waals surface area contributed by atoms with Crippen LogP contribution in [0.15, 0.2) is 419 Å². The average molecular weight is 1580 g/mol. The molecular weight excluding hydrogens is 1520 g/mol. The smallest absolute Gasteiger partial charge is 0.0991 e. The second-order valence-electron chi connectivity index (χ2n) is 32.4. The van der Waals surface area contributed by atoms with Gasteiger partial charge in [0, 0.05) is 74.3 Å². The number of benzene rings is 18. The van der Waals surface area contributed by atoms with E-state index in [-0.39, 0.29) is 0 Å². The molecule has 0 aliphatic heterocycles. The standard InChI is InChI=1S/C62H37N3.C56H32N4/c63-38-39-22-24-41(25-23-39)45-30-33-54-48-16-6-7-17-49(48)55-34-35-56(61(45)62(54)55)50-31-32-51(47-15-5-4-14-46(47)50)58-37-43(40-12-2-1-3-13-40)36-57(64-58)42-26-28-44(29-27-42)65-59-20-10-8-18-52(59)53-19-9-11-21-60(53)65;57-31-34-15-17-35(18-16-34)42-20-22-50-45-11-3-4-12-46(45)51-23-24-52(55(42)56(50)51)47-21-19-39(43-9-1-2-10-44(43)47)38-29-53(48-13-5-7-36-32-58-27-25-40(36)48)60-54(30-38)49-14-6-8-37-33-59-28-26-41(37)49/h1-37H;1-30,32-33H. The molecule has 0 saturated heterocycles. The summed E-state index contributed by atoms with van der Waals surface area (Å²) in [4.78, 5) is 19.7. The van der Waals surface area contributed by atoms with E-state index in [1.165, 1.54) is 115 Å². The van der Waals surface area contributed by atoms with Gasteiger partial charge in [-0.25, -0.2) is 9.97 Å². The van der Waals surface area contributed by atoms with Crippen LogP contribution in [0.4, 0.5) is 0 Å².